The largest absolute Gasteiger partial charge is 0.366 e. The maximum atomic E-state index is 12.6. The number of carbonyl (C=O) groups excluding carboxylic acids is 2. The van der Waals surface area contributed by atoms with Gasteiger partial charge in [0.2, 0.25) is 0 Å². The van der Waals surface area contributed by atoms with Crippen molar-refractivity contribution in [1.82, 2.24) is 0 Å². The van der Waals surface area contributed by atoms with Crippen LogP contribution in [0.5, 0.6) is 0 Å². The molecule has 1 fully saturated rings. The third-order valence-corrected chi connectivity index (χ3v) is 5.15. The molecule has 7 heteroatoms. The van der Waals surface area contributed by atoms with Crippen molar-refractivity contribution >= 4 is 28.9 Å². The van der Waals surface area contributed by atoms with Crippen LogP contribution in [0.1, 0.15) is 46.4 Å². The standard InChI is InChI=1S/C20H19N3O4/c24-19-15-7-3-4-8-16(15)20(25)22(19)14-9-10-17(18(13-14)23(26)27)21-11-5-1-2-6-12-21/h3-4,7-10,13H,1-2,5-6,11-12H2. The van der Waals surface area contributed by atoms with Gasteiger partial charge in [-0.3, -0.25) is 19.7 Å². The first kappa shape index (κ1) is 17.2. The zero-order valence-electron chi connectivity index (χ0n) is 14.8. The van der Waals surface area contributed by atoms with Crippen LogP contribution < -0.4 is 9.80 Å². The Morgan fingerprint density at radius 3 is 2.00 bits per heavy atom. The highest BCUT2D eigenvalue weighted by Gasteiger charge is 2.37. The lowest BCUT2D eigenvalue weighted by atomic mass is 10.1. The molecule has 2 aliphatic rings. The highest BCUT2D eigenvalue weighted by atomic mass is 16.6. The van der Waals surface area contributed by atoms with Gasteiger partial charge >= 0.3 is 0 Å². The van der Waals surface area contributed by atoms with E-state index in [4.69, 9.17) is 0 Å². The van der Waals surface area contributed by atoms with Gasteiger partial charge in [-0.05, 0) is 37.1 Å². The van der Waals surface area contributed by atoms with Crippen LogP contribution in [0.3, 0.4) is 0 Å². The summed E-state index contributed by atoms with van der Waals surface area (Å²) >= 11 is 0. The first-order valence-electron chi connectivity index (χ1n) is 9.09. The van der Waals surface area contributed by atoms with E-state index in [2.05, 4.69) is 0 Å². The van der Waals surface area contributed by atoms with Crippen LogP contribution in [0.25, 0.3) is 0 Å². The molecule has 0 aliphatic carbocycles. The summed E-state index contributed by atoms with van der Waals surface area (Å²) in [6, 6.07) is 11.2. The maximum Gasteiger partial charge on any atom is 0.294 e. The summed E-state index contributed by atoms with van der Waals surface area (Å²) in [6.45, 7) is 1.54. The van der Waals surface area contributed by atoms with Crippen molar-refractivity contribution in [3.63, 3.8) is 0 Å². The SMILES string of the molecule is O=C1c2ccccc2C(=O)N1c1ccc(N2CCCCCC2)c([N+](=O)[O-])c1. The number of imide groups is 1. The summed E-state index contributed by atoms with van der Waals surface area (Å²) in [7, 11) is 0. The topological polar surface area (TPSA) is 83.8 Å². The second kappa shape index (κ2) is 6.83. The van der Waals surface area contributed by atoms with Crippen LogP contribution >= 0.6 is 0 Å². The molecule has 0 radical (unpaired) electrons. The number of hydrogen-bond donors (Lipinski definition) is 0. The van der Waals surface area contributed by atoms with Crippen molar-refractivity contribution in [1.29, 1.82) is 0 Å². The van der Waals surface area contributed by atoms with Crippen LogP contribution in [0, 0.1) is 10.1 Å². The Balaban J connectivity index is 1.73. The van der Waals surface area contributed by atoms with Crippen LogP contribution in [-0.4, -0.2) is 29.8 Å². The predicted octanol–water partition coefficient (Wildman–Crippen LogP) is 3.78. The Morgan fingerprint density at radius 1 is 0.852 bits per heavy atom. The van der Waals surface area contributed by atoms with Crippen LogP contribution in [0.15, 0.2) is 42.5 Å². The number of amides is 2. The summed E-state index contributed by atoms with van der Waals surface area (Å²) in [5.41, 5.74) is 1.34. The summed E-state index contributed by atoms with van der Waals surface area (Å²) in [5, 5.41) is 11.7. The van der Waals surface area contributed by atoms with Gasteiger partial charge in [0.05, 0.1) is 21.7 Å². The second-order valence-electron chi connectivity index (χ2n) is 6.82. The highest BCUT2D eigenvalue weighted by molar-refractivity contribution is 6.34. The zero-order chi connectivity index (χ0) is 19.0. The van der Waals surface area contributed by atoms with Crippen molar-refractivity contribution in [2.24, 2.45) is 0 Å². The second-order valence-corrected chi connectivity index (χ2v) is 6.82. The molecule has 2 aliphatic heterocycles. The van der Waals surface area contributed by atoms with Gasteiger partial charge in [0.1, 0.15) is 5.69 Å². The lowest BCUT2D eigenvalue weighted by Gasteiger charge is -2.23. The lowest BCUT2D eigenvalue weighted by Crippen LogP contribution is -2.30. The molecule has 27 heavy (non-hydrogen) atoms. The molecule has 4 rings (SSSR count). The summed E-state index contributed by atoms with van der Waals surface area (Å²) in [5.74, 6) is -0.903. The zero-order valence-corrected chi connectivity index (χ0v) is 14.8. The number of nitro benzene ring substituents is 1. The fourth-order valence-electron chi connectivity index (χ4n) is 3.80. The molecule has 0 aromatic heterocycles. The molecule has 0 unspecified atom stereocenters. The van der Waals surface area contributed by atoms with E-state index in [0.717, 1.165) is 43.7 Å². The Morgan fingerprint density at radius 2 is 1.44 bits per heavy atom. The molecule has 2 aromatic carbocycles. The van der Waals surface area contributed by atoms with Crippen molar-refractivity contribution in [3.05, 3.63) is 63.7 Å². The van der Waals surface area contributed by atoms with Gasteiger partial charge in [0.15, 0.2) is 0 Å². The number of fused-ring (bicyclic) bond motifs is 1. The highest BCUT2D eigenvalue weighted by Crippen LogP contribution is 2.36. The molecule has 0 saturated carbocycles. The summed E-state index contributed by atoms with van der Waals surface area (Å²) < 4.78 is 0. The smallest absolute Gasteiger partial charge is 0.294 e. The molecule has 2 aromatic rings. The van der Waals surface area contributed by atoms with Gasteiger partial charge in [-0.1, -0.05) is 25.0 Å². The average molecular weight is 365 g/mol. The van der Waals surface area contributed by atoms with E-state index in [-0.39, 0.29) is 11.4 Å². The summed E-state index contributed by atoms with van der Waals surface area (Å²) in [6.07, 6.45) is 4.24. The van der Waals surface area contributed by atoms with Gasteiger partial charge in [-0.2, -0.15) is 0 Å². The number of nitro groups is 1. The molecule has 7 nitrogen and oxygen atoms in total. The molecular weight excluding hydrogens is 346 g/mol. The Hall–Kier alpha value is -3.22. The normalized spacial score (nSPS) is 17.0. The summed E-state index contributed by atoms with van der Waals surface area (Å²) in [4.78, 5) is 39.6. The number of carbonyl (C=O) groups is 2. The molecule has 0 bridgehead atoms. The number of anilines is 2. The van der Waals surface area contributed by atoms with E-state index in [9.17, 15) is 19.7 Å². The molecule has 0 atom stereocenters. The van der Waals surface area contributed by atoms with Gasteiger partial charge in [0.25, 0.3) is 17.5 Å². The van der Waals surface area contributed by atoms with Crippen molar-refractivity contribution < 1.29 is 14.5 Å². The molecule has 2 amide bonds. The third-order valence-electron chi connectivity index (χ3n) is 5.15. The third kappa shape index (κ3) is 2.95. The van der Waals surface area contributed by atoms with E-state index in [0.29, 0.717) is 16.8 Å². The molecule has 138 valence electrons. The van der Waals surface area contributed by atoms with Crippen LogP contribution in [0.4, 0.5) is 17.1 Å². The minimum atomic E-state index is -0.451. The van der Waals surface area contributed by atoms with Crippen molar-refractivity contribution in [2.75, 3.05) is 22.9 Å². The minimum Gasteiger partial charge on any atom is -0.366 e. The lowest BCUT2D eigenvalue weighted by molar-refractivity contribution is -0.384. The van der Waals surface area contributed by atoms with E-state index >= 15 is 0 Å². The molecule has 0 spiro atoms. The molecular formula is C20H19N3O4. The van der Waals surface area contributed by atoms with E-state index < -0.39 is 16.7 Å². The number of hydrogen-bond acceptors (Lipinski definition) is 5. The van der Waals surface area contributed by atoms with E-state index in [1.165, 1.54) is 6.07 Å². The molecule has 0 N–H and O–H groups in total. The van der Waals surface area contributed by atoms with Crippen LogP contribution in [0.2, 0.25) is 0 Å². The van der Waals surface area contributed by atoms with Gasteiger partial charge in [0, 0.05) is 19.2 Å². The Bertz CT molecular complexity index is 898. The van der Waals surface area contributed by atoms with E-state index in [1.807, 2.05) is 4.90 Å². The first-order valence-corrected chi connectivity index (χ1v) is 9.09. The van der Waals surface area contributed by atoms with Crippen LogP contribution in [-0.2, 0) is 0 Å². The minimum absolute atomic E-state index is 0.0778. The number of benzene rings is 2. The Kier molecular flexibility index (Phi) is 4.35. The number of rotatable bonds is 3. The van der Waals surface area contributed by atoms with Gasteiger partial charge in [-0.15, -0.1) is 0 Å². The maximum absolute atomic E-state index is 12.6. The molecule has 1 saturated heterocycles. The van der Waals surface area contributed by atoms with Crippen molar-refractivity contribution in [2.45, 2.75) is 25.7 Å². The van der Waals surface area contributed by atoms with Gasteiger partial charge in [-0.25, -0.2) is 4.90 Å². The quantitative estimate of drug-likeness (QED) is 0.470. The number of nitrogens with zero attached hydrogens (tertiary/aromatic N) is 3. The monoisotopic (exact) mass is 365 g/mol. The average Bonchev–Trinajstić information content (AvgIpc) is 2.86. The fraction of sp³-hybridized carbons (Fsp3) is 0.300. The fourth-order valence-corrected chi connectivity index (χ4v) is 3.80. The molecule has 2 heterocycles. The van der Waals surface area contributed by atoms with E-state index in [1.54, 1.807) is 36.4 Å². The Labute approximate surface area is 156 Å². The van der Waals surface area contributed by atoms with Crippen molar-refractivity contribution in [3.8, 4) is 0 Å². The van der Waals surface area contributed by atoms with Gasteiger partial charge < -0.3 is 4.90 Å². The first-order chi connectivity index (χ1) is 13.1. The predicted molar refractivity (Wildman–Crippen MR) is 101 cm³/mol.